The fraction of sp³-hybridized carbons (Fsp3) is 0.350. The van der Waals surface area contributed by atoms with Crippen molar-refractivity contribution in [3.8, 4) is 23.0 Å². The molecule has 144 valence electrons. The highest BCUT2D eigenvalue weighted by Crippen LogP contribution is 2.35. The average Bonchev–Trinajstić information content (AvgIpc) is 3.14. The van der Waals surface area contributed by atoms with Crippen molar-refractivity contribution in [3.05, 3.63) is 48.0 Å². The van der Waals surface area contributed by atoms with Crippen molar-refractivity contribution in [2.45, 2.75) is 19.4 Å². The molecule has 2 aromatic rings. The Bertz CT molecular complexity index is 788. The summed E-state index contributed by atoms with van der Waals surface area (Å²) < 4.78 is 21.4. The van der Waals surface area contributed by atoms with Gasteiger partial charge >= 0.3 is 0 Å². The molecule has 0 fully saturated rings. The fourth-order valence-corrected chi connectivity index (χ4v) is 2.60. The Hall–Kier alpha value is -2.93. The van der Waals surface area contributed by atoms with Crippen LogP contribution in [-0.2, 0) is 10.4 Å². The maximum atomic E-state index is 12.0. The van der Waals surface area contributed by atoms with Gasteiger partial charge in [0.2, 0.25) is 6.79 Å². The third-order valence-corrected chi connectivity index (χ3v) is 4.13. The molecule has 0 radical (unpaired) electrons. The molecule has 1 aliphatic heterocycles. The Labute approximate surface area is 157 Å². The summed E-state index contributed by atoms with van der Waals surface area (Å²) in [6.07, 6.45) is 0. The molecule has 1 unspecified atom stereocenters. The van der Waals surface area contributed by atoms with Crippen LogP contribution in [-0.4, -0.2) is 37.6 Å². The molecule has 2 N–H and O–H groups in total. The molecule has 0 bridgehead atoms. The number of hydrogen-bond acceptors (Lipinski definition) is 6. The van der Waals surface area contributed by atoms with Crippen LogP contribution in [0.3, 0.4) is 0 Å². The zero-order chi connectivity index (χ0) is 19.3. The van der Waals surface area contributed by atoms with E-state index in [9.17, 15) is 9.90 Å². The summed E-state index contributed by atoms with van der Waals surface area (Å²) in [5.41, 5.74) is -0.630. The van der Waals surface area contributed by atoms with Gasteiger partial charge in [-0.2, -0.15) is 0 Å². The number of benzene rings is 2. The lowest BCUT2D eigenvalue weighted by Gasteiger charge is -2.24. The van der Waals surface area contributed by atoms with Gasteiger partial charge in [0, 0.05) is 0 Å². The highest BCUT2D eigenvalue weighted by molar-refractivity contribution is 5.77. The quantitative estimate of drug-likeness (QED) is 0.738. The second-order valence-corrected chi connectivity index (χ2v) is 6.31. The van der Waals surface area contributed by atoms with E-state index in [2.05, 4.69) is 5.32 Å². The number of ether oxygens (including phenoxy) is 4. The number of amides is 1. The van der Waals surface area contributed by atoms with Gasteiger partial charge in [-0.15, -0.1) is 0 Å². The SMILES string of the molecule is CCOc1ccc(OCC(=O)NCC(C)(O)c2ccc3c(c2)OCO3)cc1. The van der Waals surface area contributed by atoms with E-state index >= 15 is 0 Å². The topological polar surface area (TPSA) is 86.3 Å². The molecule has 1 atom stereocenters. The first-order valence-corrected chi connectivity index (χ1v) is 8.73. The largest absolute Gasteiger partial charge is 0.494 e. The van der Waals surface area contributed by atoms with Gasteiger partial charge in [0.15, 0.2) is 18.1 Å². The van der Waals surface area contributed by atoms with E-state index in [1.54, 1.807) is 49.4 Å². The summed E-state index contributed by atoms with van der Waals surface area (Å²) in [5, 5.41) is 13.3. The first-order chi connectivity index (χ1) is 13.0. The first-order valence-electron chi connectivity index (χ1n) is 8.73. The second-order valence-electron chi connectivity index (χ2n) is 6.31. The van der Waals surface area contributed by atoms with Crippen molar-refractivity contribution in [1.82, 2.24) is 5.32 Å². The summed E-state index contributed by atoms with van der Waals surface area (Å²) in [6, 6.07) is 12.2. The van der Waals surface area contributed by atoms with Gasteiger partial charge in [0.1, 0.15) is 17.1 Å². The Morgan fingerprint density at radius 2 is 1.78 bits per heavy atom. The van der Waals surface area contributed by atoms with Crippen molar-refractivity contribution in [1.29, 1.82) is 0 Å². The lowest BCUT2D eigenvalue weighted by Crippen LogP contribution is -2.40. The summed E-state index contributed by atoms with van der Waals surface area (Å²) in [7, 11) is 0. The fourth-order valence-electron chi connectivity index (χ4n) is 2.60. The molecule has 0 saturated heterocycles. The first kappa shape index (κ1) is 18.8. The van der Waals surface area contributed by atoms with Crippen molar-refractivity contribution in [2.24, 2.45) is 0 Å². The number of carbonyl (C=O) groups is 1. The molecule has 0 saturated carbocycles. The molecule has 0 aromatic heterocycles. The van der Waals surface area contributed by atoms with Crippen LogP contribution >= 0.6 is 0 Å². The predicted molar refractivity (Wildman–Crippen MR) is 98.3 cm³/mol. The zero-order valence-electron chi connectivity index (χ0n) is 15.4. The molecule has 27 heavy (non-hydrogen) atoms. The summed E-state index contributed by atoms with van der Waals surface area (Å²) in [6.45, 7) is 4.18. The van der Waals surface area contributed by atoms with Gasteiger partial charge in [0.25, 0.3) is 5.91 Å². The van der Waals surface area contributed by atoms with Crippen LogP contribution < -0.4 is 24.3 Å². The lowest BCUT2D eigenvalue weighted by atomic mass is 9.95. The molecular weight excluding hydrogens is 350 g/mol. The molecule has 7 nitrogen and oxygen atoms in total. The average molecular weight is 373 g/mol. The smallest absolute Gasteiger partial charge is 0.258 e. The van der Waals surface area contributed by atoms with Crippen molar-refractivity contribution >= 4 is 5.91 Å². The number of rotatable bonds is 8. The molecular formula is C20H23NO6. The van der Waals surface area contributed by atoms with Gasteiger partial charge in [-0.3, -0.25) is 4.79 Å². The van der Waals surface area contributed by atoms with E-state index in [-0.39, 0.29) is 25.9 Å². The highest BCUT2D eigenvalue weighted by atomic mass is 16.7. The van der Waals surface area contributed by atoms with Gasteiger partial charge < -0.3 is 29.4 Å². The van der Waals surface area contributed by atoms with Crippen molar-refractivity contribution < 1.29 is 28.8 Å². The number of fused-ring (bicyclic) bond motifs is 1. The maximum absolute atomic E-state index is 12.0. The van der Waals surface area contributed by atoms with Gasteiger partial charge in [-0.1, -0.05) is 6.07 Å². The Kier molecular flexibility index (Phi) is 5.71. The summed E-state index contributed by atoms with van der Waals surface area (Å²) in [4.78, 5) is 12.0. The van der Waals surface area contributed by atoms with Crippen LogP contribution in [0.25, 0.3) is 0 Å². The third-order valence-electron chi connectivity index (χ3n) is 4.13. The molecule has 3 rings (SSSR count). The number of hydrogen-bond donors (Lipinski definition) is 2. The van der Waals surface area contributed by atoms with E-state index in [1.165, 1.54) is 0 Å². The Morgan fingerprint density at radius 3 is 2.48 bits per heavy atom. The molecule has 7 heteroatoms. The Balaban J connectivity index is 1.49. The molecule has 0 spiro atoms. The van der Waals surface area contributed by atoms with Gasteiger partial charge in [-0.05, 0) is 55.8 Å². The normalized spacial score (nSPS) is 14.3. The number of carbonyl (C=O) groups excluding carboxylic acids is 1. The third kappa shape index (κ3) is 4.83. The van der Waals surface area contributed by atoms with Crippen molar-refractivity contribution in [3.63, 3.8) is 0 Å². The van der Waals surface area contributed by atoms with Crippen LogP contribution in [0, 0.1) is 0 Å². The van der Waals surface area contributed by atoms with E-state index in [0.717, 1.165) is 5.75 Å². The number of aliphatic hydroxyl groups is 1. The van der Waals surface area contributed by atoms with Crippen LogP contribution in [0.1, 0.15) is 19.4 Å². The summed E-state index contributed by atoms with van der Waals surface area (Å²) in [5.74, 6) is 2.20. The minimum Gasteiger partial charge on any atom is -0.494 e. The van der Waals surface area contributed by atoms with Crippen molar-refractivity contribution in [2.75, 3.05) is 26.6 Å². The van der Waals surface area contributed by atoms with Crippen LogP contribution in [0.4, 0.5) is 0 Å². The maximum Gasteiger partial charge on any atom is 0.258 e. The zero-order valence-corrected chi connectivity index (χ0v) is 15.4. The van der Waals surface area contributed by atoms with Crippen LogP contribution in [0.15, 0.2) is 42.5 Å². The predicted octanol–water partition coefficient (Wildman–Crippen LogP) is 2.22. The summed E-state index contributed by atoms with van der Waals surface area (Å²) >= 11 is 0. The monoisotopic (exact) mass is 373 g/mol. The molecule has 2 aromatic carbocycles. The molecule has 1 heterocycles. The second kappa shape index (κ2) is 8.18. The lowest BCUT2D eigenvalue weighted by molar-refractivity contribution is -0.124. The minimum atomic E-state index is -1.25. The van der Waals surface area contributed by atoms with E-state index < -0.39 is 5.60 Å². The number of nitrogens with one attached hydrogen (secondary N) is 1. The van der Waals surface area contributed by atoms with Crippen LogP contribution in [0.2, 0.25) is 0 Å². The standard InChI is InChI=1S/C20H23NO6/c1-3-24-15-5-7-16(8-6-15)25-11-19(22)21-12-20(2,23)14-4-9-17-18(10-14)27-13-26-17/h4-10,23H,3,11-13H2,1-2H3,(H,21,22). The highest BCUT2D eigenvalue weighted by Gasteiger charge is 2.26. The molecule has 1 amide bonds. The van der Waals surface area contributed by atoms with Crippen LogP contribution in [0.5, 0.6) is 23.0 Å². The van der Waals surface area contributed by atoms with E-state index in [4.69, 9.17) is 18.9 Å². The molecule has 0 aliphatic carbocycles. The Morgan fingerprint density at radius 1 is 1.11 bits per heavy atom. The van der Waals surface area contributed by atoms with Gasteiger partial charge in [-0.25, -0.2) is 0 Å². The van der Waals surface area contributed by atoms with Gasteiger partial charge in [0.05, 0.1) is 13.2 Å². The van der Waals surface area contributed by atoms with E-state index in [0.29, 0.717) is 29.4 Å². The minimum absolute atomic E-state index is 0.0398. The molecule has 1 aliphatic rings. The van der Waals surface area contributed by atoms with E-state index in [1.807, 2.05) is 6.92 Å².